The number of nitrogens with one attached hydrogen (secondary N) is 1. The molecular weight excluding hydrogens is 360 g/mol. The SMILES string of the molecule is Cc1csc(CNC(=O)C2CCCN(C3CCN(C(=O)C4CC4)CC3)C2)n1. The van der Waals surface area contributed by atoms with Gasteiger partial charge in [-0.1, -0.05) is 0 Å². The van der Waals surface area contributed by atoms with Crippen molar-refractivity contribution in [1.82, 2.24) is 20.1 Å². The van der Waals surface area contributed by atoms with Crippen LogP contribution < -0.4 is 5.32 Å². The Hall–Kier alpha value is -1.47. The van der Waals surface area contributed by atoms with Crippen LogP contribution in [0.15, 0.2) is 5.38 Å². The molecule has 2 saturated heterocycles. The average molecular weight is 391 g/mol. The van der Waals surface area contributed by atoms with Crippen molar-refractivity contribution in [3.8, 4) is 0 Å². The van der Waals surface area contributed by atoms with Crippen molar-refractivity contribution >= 4 is 23.2 Å². The number of nitrogens with zero attached hydrogens (tertiary/aromatic N) is 3. The summed E-state index contributed by atoms with van der Waals surface area (Å²) in [6.45, 7) is 6.22. The molecule has 27 heavy (non-hydrogen) atoms. The number of piperidine rings is 2. The predicted octanol–water partition coefficient (Wildman–Crippen LogP) is 2.18. The first kappa shape index (κ1) is 18.9. The monoisotopic (exact) mass is 390 g/mol. The maximum atomic E-state index is 12.6. The van der Waals surface area contributed by atoms with Crippen LogP contribution in [0.25, 0.3) is 0 Å². The van der Waals surface area contributed by atoms with Gasteiger partial charge in [0, 0.05) is 42.7 Å². The van der Waals surface area contributed by atoms with Crippen LogP contribution in [0.4, 0.5) is 0 Å². The van der Waals surface area contributed by atoms with Crippen LogP contribution >= 0.6 is 11.3 Å². The maximum absolute atomic E-state index is 12.6. The highest BCUT2D eigenvalue weighted by molar-refractivity contribution is 7.09. The van der Waals surface area contributed by atoms with E-state index in [2.05, 4.69) is 20.1 Å². The van der Waals surface area contributed by atoms with Crippen LogP contribution in [0.2, 0.25) is 0 Å². The Bertz CT molecular complexity index is 679. The summed E-state index contributed by atoms with van der Waals surface area (Å²) in [5.74, 6) is 0.938. The standard InChI is InChI=1S/C20H30N4O2S/c1-14-13-27-18(22-14)11-21-19(25)16-3-2-8-24(12-16)17-6-9-23(10-7-17)20(26)15-4-5-15/h13,15-17H,2-12H2,1H3,(H,21,25). The number of aromatic nitrogens is 1. The molecule has 1 aromatic heterocycles. The van der Waals surface area contributed by atoms with Gasteiger partial charge in [-0.2, -0.15) is 0 Å². The van der Waals surface area contributed by atoms with E-state index in [1.807, 2.05) is 12.3 Å². The molecular formula is C20H30N4O2S. The molecule has 3 aliphatic rings. The molecule has 148 valence electrons. The second-order valence-electron chi connectivity index (χ2n) is 8.27. The zero-order chi connectivity index (χ0) is 18.8. The van der Waals surface area contributed by atoms with Gasteiger partial charge in [0.1, 0.15) is 5.01 Å². The molecule has 2 amide bonds. The summed E-state index contributed by atoms with van der Waals surface area (Å²) >= 11 is 1.60. The van der Waals surface area contributed by atoms with E-state index in [9.17, 15) is 9.59 Å². The first-order valence-electron chi connectivity index (χ1n) is 10.3. The lowest BCUT2D eigenvalue weighted by Crippen LogP contribution is -2.51. The normalized spacial score (nSPS) is 24.8. The fourth-order valence-electron chi connectivity index (χ4n) is 4.38. The highest BCUT2D eigenvalue weighted by Gasteiger charge is 2.37. The minimum atomic E-state index is 0.0749. The van der Waals surface area contributed by atoms with Crippen LogP contribution in [0, 0.1) is 18.8 Å². The van der Waals surface area contributed by atoms with Gasteiger partial charge < -0.3 is 10.2 Å². The van der Waals surface area contributed by atoms with Crippen molar-refractivity contribution in [2.75, 3.05) is 26.2 Å². The van der Waals surface area contributed by atoms with Crippen molar-refractivity contribution in [2.45, 2.75) is 58.0 Å². The van der Waals surface area contributed by atoms with Crippen LogP contribution in [0.1, 0.15) is 49.2 Å². The van der Waals surface area contributed by atoms with Gasteiger partial charge in [0.25, 0.3) is 0 Å². The van der Waals surface area contributed by atoms with Crippen LogP contribution in [-0.4, -0.2) is 58.8 Å². The van der Waals surface area contributed by atoms with E-state index in [0.29, 0.717) is 24.4 Å². The number of thiazole rings is 1. The van der Waals surface area contributed by atoms with Gasteiger partial charge in [0.2, 0.25) is 11.8 Å². The molecule has 4 rings (SSSR count). The zero-order valence-electron chi connectivity index (χ0n) is 16.2. The number of carbonyl (C=O) groups excluding carboxylic acids is 2. The molecule has 0 bridgehead atoms. The Morgan fingerprint density at radius 1 is 1.15 bits per heavy atom. The van der Waals surface area contributed by atoms with Gasteiger partial charge in [-0.15, -0.1) is 11.3 Å². The molecule has 3 heterocycles. The summed E-state index contributed by atoms with van der Waals surface area (Å²) in [6, 6.07) is 0.519. The van der Waals surface area contributed by atoms with E-state index in [-0.39, 0.29) is 11.8 Å². The third-order valence-corrected chi connectivity index (χ3v) is 7.09. The molecule has 6 nitrogen and oxygen atoms in total. The Morgan fingerprint density at radius 3 is 2.59 bits per heavy atom. The lowest BCUT2D eigenvalue weighted by atomic mass is 9.93. The largest absolute Gasteiger partial charge is 0.349 e. The third kappa shape index (κ3) is 4.69. The van der Waals surface area contributed by atoms with Crippen molar-refractivity contribution in [3.63, 3.8) is 0 Å². The van der Waals surface area contributed by atoms with Gasteiger partial charge in [0.15, 0.2) is 0 Å². The lowest BCUT2D eigenvalue weighted by Gasteiger charge is -2.42. The van der Waals surface area contributed by atoms with Gasteiger partial charge in [-0.3, -0.25) is 14.5 Å². The molecule has 0 aromatic carbocycles. The average Bonchev–Trinajstić information content (AvgIpc) is 3.47. The molecule has 1 atom stereocenters. The topological polar surface area (TPSA) is 65.5 Å². The fourth-order valence-corrected chi connectivity index (χ4v) is 5.09. The quantitative estimate of drug-likeness (QED) is 0.837. The molecule has 1 aliphatic carbocycles. The van der Waals surface area contributed by atoms with Crippen LogP contribution in [-0.2, 0) is 16.1 Å². The molecule has 2 aliphatic heterocycles. The first-order chi connectivity index (χ1) is 13.1. The van der Waals surface area contributed by atoms with Gasteiger partial charge in [-0.25, -0.2) is 4.98 Å². The summed E-state index contributed by atoms with van der Waals surface area (Å²) in [6.07, 6.45) is 6.31. The van der Waals surface area contributed by atoms with Gasteiger partial charge in [-0.05, 0) is 52.0 Å². The number of hydrogen-bond donors (Lipinski definition) is 1. The minimum Gasteiger partial charge on any atom is -0.349 e. The molecule has 0 spiro atoms. The Kier molecular flexibility index (Phi) is 5.78. The van der Waals surface area contributed by atoms with E-state index >= 15 is 0 Å². The molecule has 3 fully saturated rings. The number of aryl methyl sites for hydroxylation is 1. The van der Waals surface area contributed by atoms with E-state index in [1.54, 1.807) is 11.3 Å². The summed E-state index contributed by atoms with van der Waals surface area (Å²) in [4.78, 5) is 33.8. The Balaban J connectivity index is 1.24. The van der Waals surface area contributed by atoms with E-state index in [0.717, 1.165) is 75.4 Å². The zero-order valence-corrected chi connectivity index (χ0v) is 17.0. The highest BCUT2D eigenvalue weighted by Crippen LogP contribution is 2.32. The van der Waals surface area contributed by atoms with Crippen LogP contribution in [0.5, 0.6) is 0 Å². The summed E-state index contributed by atoms with van der Waals surface area (Å²) in [5.41, 5.74) is 1.01. The molecule has 7 heteroatoms. The Morgan fingerprint density at radius 2 is 1.93 bits per heavy atom. The second kappa shape index (κ2) is 8.27. The number of rotatable bonds is 5. The second-order valence-corrected chi connectivity index (χ2v) is 9.21. The smallest absolute Gasteiger partial charge is 0.225 e. The van der Waals surface area contributed by atoms with Gasteiger partial charge in [0.05, 0.1) is 12.5 Å². The van der Waals surface area contributed by atoms with Gasteiger partial charge >= 0.3 is 0 Å². The number of carbonyl (C=O) groups is 2. The molecule has 1 unspecified atom stereocenters. The van der Waals surface area contributed by atoms with Crippen molar-refractivity contribution < 1.29 is 9.59 Å². The van der Waals surface area contributed by atoms with E-state index in [1.165, 1.54) is 0 Å². The highest BCUT2D eigenvalue weighted by atomic mass is 32.1. The fraction of sp³-hybridized carbons (Fsp3) is 0.750. The number of hydrogen-bond acceptors (Lipinski definition) is 5. The van der Waals surface area contributed by atoms with Crippen LogP contribution in [0.3, 0.4) is 0 Å². The maximum Gasteiger partial charge on any atom is 0.225 e. The van der Waals surface area contributed by atoms with E-state index < -0.39 is 0 Å². The summed E-state index contributed by atoms with van der Waals surface area (Å²) < 4.78 is 0. The summed E-state index contributed by atoms with van der Waals surface area (Å²) in [7, 11) is 0. The summed E-state index contributed by atoms with van der Waals surface area (Å²) in [5, 5.41) is 6.07. The molecule has 1 aromatic rings. The van der Waals surface area contributed by atoms with Crippen molar-refractivity contribution in [3.05, 3.63) is 16.1 Å². The minimum absolute atomic E-state index is 0.0749. The lowest BCUT2D eigenvalue weighted by molar-refractivity contribution is -0.134. The predicted molar refractivity (Wildman–Crippen MR) is 105 cm³/mol. The molecule has 1 saturated carbocycles. The Labute approximate surface area is 165 Å². The van der Waals surface area contributed by atoms with E-state index in [4.69, 9.17) is 0 Å². The van der Waals surface area contributed by atoms with Crippen molar-refractivity contribution in [2.24, 2.45) is 11.8 Å². The third-order valence-electron chi connectivity index (χ3n) is 6.12. The number of likely N-dealkylation sites (tertiary alicyclic amines) is 2. The number of amides is 2. The molecule has 1 N–H and O–H groups in total. The molecule has 0 radical (unpaired) electrons. The van der Waals surface area contributed by atoms with Crippen molar-refractivity contribution in [1.29, 1.82) is 0 Å². The first-order valence-corrected chi connectivity index (χ1v) is 11.2.